The number of nitrogens with one attached hydrogen (secondary N) is 5. The van der Waals surface area contributed by atoms with Crippen molar-refractivity contribution in [2.45, 2.75) is 77.2 Å². The number of hydrogen-bond acceptors (Lipinski definition) is 15. The van der Waals surface area contributed by atoms with Gasteiger partial charge in [-0.25, -0.2) is 0 Å². The summed E-state index contributed by atoms with van der Waals surface area (Å²) in [4.78, 5) is 93.3. The summed E-state index contributed by atoms with van der Waals surface area (Å²) in [5.74, 6) is -6.07. The zero-order valence-electron chi connectivity index (χ0n) is 37.6. The summed E-state index contributed by atoms with van der Waals surface area (Å²) in [6.45, 7) is 5.86. The average Bonchev–Trinajstić information content (AvgIpc) is 3.24. The van der Waals surface area contributed by atoms with Gasteiger partial charge in [-0.15, -0.1) is 0 Å². The number of carboxylic acids is 2. The van der Waals surface area contributed by atoms with E-state index in [-0.39, 0.29) is 104 Å². The van der Waals surface area contributed by atoms with Crippen LogP contribution < -0.4 is 26.6 Å². The summed E-state index contributed by atoms with van der Waals surface area (Å²) in [6, 6.07) is -1.16. The average molecular weight is 944 g/mol. The van der Waals surface area contributed by atoms with Crippen molar-refractivity contribution in [3.05, 3.63) is 0 Å². The highest BCUT2D eigenvalue weighted by Gasteiger charge is 2.30. The number of methoxy groups -OCH3 is 1. The third kappa shape index (κ3) is 38.6. The smallest absolute Gasteiger partial charge is 0.307 e. The van der Waals surface area contributed by atoms with Crippen molar-refractivity contribution in [2.24, 2.45) is 5.92 Å². The van der Waals surface area contributed by atoms with E-state index >= 15 is 0 Å². The molecule has 3 unspecified atom stereocenters. The molecule has 0 fully saturated rings. The van der Waals surface area contributed by atoms with E-state index < -0.39 is 73.6 Å². The summed E-state index contributed by atoms with van der Waals surface area (Å²) in [5.41, 5.74) is 0. The van der Waals surface area contributed by atoms with E-state index in [9.17, 15) is 48.1 Å². The fraction of sp³-hybridized carbons (Fsp3) is 0.825. The molecule has 0 bridgehead atoms. The molecule has 0 radical (unpaired) electrons. The number of amides is 5. The first kappa shape index (κ1) is 60.2. The van der Waals surface area contributed by atoms with Crippen LogP contribution in [0.15, 0.2) is 0 Å². The van der Waals surface area contributed by atoms with E-state index in [1.165, 1.54) is 26.4 Å². The molecular weight excluding hydrogens is 869 g/mol. The first-order chi connectivity index (χ1) is 30.7. The van der Waals surface area contributed by atoms with Crippen molar-refractivity contribution in [1.29, 1.82) is 0 Å². The van der Waals surface area contributed by atoms with Gasteiger partial charge in [-0.3, -0.25) is 38.1 Å². The molecule has 0 heterocycles. The fourth-order valence-corrected chi connectivity index (χ4v) is 7.18. The van der Waals surface area contributed by atoms with Crippen LogP contribution in [0.25, 0.3) is 0 Å². The van der Waals surface area contributed by atoms with Crippen LogP contribution in [0.4, 0.5) is 0 Å². The van der Waals surface area contributed by atoms with E-state index in [2.05, 4.69) is 33.5 Å². The van der Waals surface area contributed by atoms with E-state index in [0.29, 0.717) is 39.4 Å². The van der Waals surface area contributed by atoms with Crippen LogP contribution in [-0.4, -0.2) is 194 Å². The molecule has 0 aliphatic heterocycles. The molecule has 0 aliphatic rings. The van der Waals surface area contributed by atoms with Crippen LogP contribution in [0.3, 0.4) is 0 Å². The predicted octanol–water partition coefficient (Wildman–Crippen LogP) is -0.341. The van der Waals surface area contributed by atoms with Crippen molar-refractivity contribution in [1.82, 2.24) is 26.6 Å². The van der Waals surface area contributed by atoms with Crippen LogP contribution in [0, 0.1) is 5.92 Å². The lowest BCUT2D eigenvalue weighted by atomic mass is 10.1. The molecule has 0 saturated carbocycles. The molecule has 5 amide bonds. The molecule has 0 aromatic carbocycles. The SMILES string of the molecule is CCCCCCCNC(=O)CCOCCOCCOCCNC(=O)C(CC(=O)NCCOCCOCCOCCNC(=O)CCP(=O)(O)CC(CCC(=O)O)C(=O)O)NC(=O)COC. The van der Waals surface area contributed by atoms with E-state index in [0.717, 1.165) is 12.8 Å². The lowest BCUT2D eigenvalue weighted by Gasteiger charge is -2.18. The number of aliphatic carboxylic acids is 2. The molecule has 64 heavy (non-hydrogen) atoms. The monoisotopic (exact) mass is 943 g/mol. The Morgan fingerprint density at radius 3 is 1.58 bits per heavy atom. The van der Waals surface area contributed by atoms with Crippen LogP contribution in [0.5, 0.6) is 0 Å². The Labute approximate surface area is 375 Å². The number of carboxylic acid groups (broad SMARTS) is 2. The van der Waals surface area contributed by atoms with Gasteiger partial charge >= 0.3 is 11.9 Å². The molecular formula is C40H74N5O18P. The summed E-state index contributed by atoms with van der Waals surface area (Å²) >= 11 is 0. The van der Waals surface area contributed by atoms with E-state index in [4.69, 9.17) is 38.3 Å². The van der Waals surface area contributed by atoms with Crippen LogP contribution in [0.2, 0.25) is 0 Å². The maximum absolute atomic E-state index is 12.8. The minimum atomic E-state index is -3.97. The van der Waals surface area contributed by atoms with Crippen molar-refractivity contribution in [2.75, 3.05) is 132 Å². The quantitative estimate of drug-likeness (QED) is 0.0286. The molecule has 3 atom stereocenters. The lowest BCUT2D eigenvalue weighted by Crippen LogP contribution is -2.50. The Bertz CT molecular complexity index is 1360. The largest absolute Gasteiger partial charge is 0.481 e. The van der Waals surface area contributed by atoms with Crippen molar-refractivity contribution < 1.29 is 86.4 Å². The minimum Gasteiger partial charge on any atom is -0.481 e. The third-order valence-corrected chi connectivity index (χ3v) is 10.7. The number of carbonyl (C=O) groups excluding carboxylic acids is 5. The second-order valence-corrected chi connectivity index (χ2v) is 16.9. The van der Waals surface area contributed by atoms with Crippen molar-refractivity contribution in [3.63, 3.8) is 0 Å². The topological polar surface area (TPSA) is 322 Å². The second-order valence-electron chi connectivity index (χ2n) is 14.4. The Kier molecular flexibility index (Phi) is 38.3. The summed E-state index contributed by atoms with van der Waals surface area (Å²) in [7, 11) is -2.65. The summed E-state index contributed by atoms with van der Waals surface area (Å²) in [5, 5.41) is 31.1. The van der Waals surface area contributed by atoms with Gasteiger partial charge in [0, 0.05) is 64.9 Å². The fourth-order valence-electron chi connectivity index (χ4n) is 5.41. The van der Waals surface area contributed by atoms with E-state index in [1.54, 1.807) is 0 Å². The van der Waals surface area contributed by atoms with Gasteiger partial charge in [-0.05, 0) is 12.8 Å². The summed E-state index contributed by atoms with van der Waals surface area (Å²) in [6.07, 6.45) is 3.56. The normalized spacial score (nSPS) is 13.0. The molecule has 0 spiro atoms. The highest BCUT2D eigenvalue weighted by molar-refractivity contribution is 7.58. The van der Waals surface area contributed by atoms with Crippen molar-refractivity contribution in [3.8, 4) is 0 Å². The van der Waals surface area contributed by atoms with Gasteiger partial charge in [0.05, 0.1) is 91.6 Å². The molecule has 0 aromatic heterocycles. The zero-order valence-corrected chi connectivity index (χ0v) is 38.5. The van der Waals surface area contributed by atoms with Gasteiger partial charge in [0.2, 0.25) is 36.9 Å². The molecule has 0 aromatic rings. The number of hydrogen-bond donors (Lipinski definition) is 8. The van der Waals surface area contributed by atoms with Crippen molar-refractivity contribution >= 4 is 48.8 Å². The van der Waals surface area contributed by atoms with Crippen LogP contribution in [0.1, 0.15) is 71.1 Å². The summed E-state index contributed by atoms with van der Waals surface area (Å²) < 4.78 is 49.7. The Morgan fingerprint density at radius 1 is 0.562 bits per heavy atom. The number of unbranched alkanes of at least 4 members (excludes halogenated alkanes) is 4. The van der Waals surface area contributed by atoms with Gasteiger partial charge in [0.1, 0.15) is 12.6 Å². The zero-order chi connectivity index (χ0) is 47.7. The minimum absolute atomic E-state index is 0.0276. The predicted molar refractivity (Wildman–Crippen MR) is 231 cm³/mol. The highest BCUT2D eigenvalue weighted by atomic mass is 31.2. The maximum Gasteiger partial charge on any atom is 0.307 e. The maximum atomic E-state index is 12.8. The number of carbonyl (C=O) groups is 7. The van der Waals surface area contributed by atoms with Gasteiger partial charge in [-0.2, -0.15) is 0 Å². The first-order valence-electron chi connectivity index (χ1n) is 21.8. The third-order valence-electron chi connectivity index (χ3n) is 8.81. The highest BCUT2D eigenvalue weighted by Crippen LogP contribution is 2.44. The Hall–Kier alpha value is -3.80. The van der Waals surface area contributed by atoms with Gasteiger partial charge in [0.15, 0.2) is 0 Å². The molecule has 372 valence electrons. The number of ether oxygens (including phenoxy) is 7. The Morgan fingerprint density at radius 2 is 1.05 bits per heavy atom. The molecule has 23 nitrogen and oxygen atoms in total. The van der Waals surface area contributed by atoms with Gasteiger partial charge in [-0.1, -0.05) is 32.6 Å². The number of rotatable bonds is 45. The van der Waals surface area contributed by atoms with Gasteiger partial charge in [0.25, 0.3) is 0 Å². The molecule has 0 saturated heterocycles. The van der Waals surface area contributed by atoms with Gasteiger partial charge < -0.3 is 74.8 Å². The second kappa shape index (κ2) is 40.7. The standard InChI is InChI=1S/C40H74N5O18P/c1-3-4-5-6-7-12-41-34(46)10-16-58-20-24-62-27-23-61-19-15-44-39(52)33(45-37(49)30-57-2)29-36(48)43-14-18-60-22-26-63-25-21-59-17-13-42-35(47)11-28-64(55,56)31-32(40(53)54)8-9-38(50)51/h32-33H,3-31H2,1-2H3,(H,41,46)(H,42,47)(H,43,48)(H,44,52)(H,45,49)(H,50,51)(H,53,54)(H,55,56). The molecule has 24 heteroatoms. The van der Waals surface area contributed by atoms with Crippen LogP contribution in [-0.2, 0) is 71.3 Å². The lowest BCUT2D eigenvalue weighted by molar-refractivity contribution is -0.142. The molecule has 0 aliphatic carbocycles. The molecule has 0 rings (SSSR count). The van der Waals surface area contributed by atoms with E-state index in [1.807, 2.05) is 0 Å². The molecule has 8 N–H and O–H groups in total. The Balaban J connectivity index is 4.02. The first-order valence-corrected chi connectivity index (χ1v) is 23.8. The van der Waals surface area contributed by atoms with Crippen LogP contribution >= 0.6 is 7.37 Å².